The molecule has 96 valence electrons. The predicted octanol–water partition coefficient (Wildman–Crippen LogP) is 1.42. The Morgan fingerprint density at radius 1 is 1.11 bits per heavy atom. The maximum Gasteiger partial charge on any atom is 0.340 e. The first-order valence-electron chi connectivity index (χ1n) is 5.59. The van der Waals surface area contributed by atoms with E-state index in [4.69, 9.17) is 4.74 Å². The van der Waals surface area contributed by atoms with Gasteiger partial charge in [0.2, 0.25) is 0 Å². The minimum atomic E-state index is -0.612. The van der Waals surface area contributed by atoms with Crippen molar-refractivity contribution in [1.82, 2.24) is 4.90 Å². The number of benzene rings is 1. The van der Waals surface area contributed by atoms with E-state index in [1.54, 1.807) is 30.3 Å². The first-order valence-corrected chi connectivity index (χ1v) is 5.59. The standard InChI is InChI=1S/C14H11NO4/c1-10(9-15-12(16)7-8-13(15)17)14(18)19-11-5-3-2-4-6-11/h2-9H,1H3. The molecule has 0 fully saturated rings. The molecule has 1 aliphatic rings. The SMILES string of the molecule is CC(=CN1C(=O)C=CC1=O)C(=O)Oc1ccccc1. The predicted molar refractivity (Wildman–Crippen MR) is 66.8 cm³/mol. The molecular formula is C14H11NO4. The van der Waals surface area contributed by atoms with Gasteiger partial charge in [-0.2, -0.15) is 0 Å². The fraction of sp³-hybridized carbons (Fsp3) is 0.0714. The second-order valence-corrected chi connectivity index (χ2v) is 3.89. The topological polar surface area (TPSA) is 63.7 Å². The molecule has 0 atom stereocenters. The second kappa shape index (κ2) is 5.30. The van der Waals surface area contributed by atoms with Crippen molar-refractivity contribution in [1.29, 1.82) is 0 Å². The van der Waals surface area contributed by atoms with E-state index in [0.717, 1.165) is 17.1 Å². The van der Waals surface area contributed by atoms with Gasteiger partial charge in [-0.05, 0) is 19.1 Å². The quantitative estimate of drug-likeness (QED) is 0.355. The third-order valence-electron chi connectivity index (χ3n) is 2.44. The summed E-state index contributed by atoms with van der Waals surface area (Å²) in [6.07, 6.45) is 3.47. The highest BCUT2D eigenvalue weighted by Gasteiger charge is 2.22. The minimum Gasteiger partial charge on any atom is -0.423 e. The molecule has 5 nitrogen and oxygen atoms in total. The van der Waals surface area contributed by atoms with Crippen LogP contribution < -0.4 is 4.74 Å². The molecule has 2 rings (SSSR count). The number of esters is 1. The van der Waals surface area contributed by atoms with E-state index in [-0.39, 0.29) is 5.57 Å². The van der Waals surface area contributed by atoms with Gasteiger partial charge in [0, 0.05) is 18.4 Å². The molecular weight excluding hydrogens is 246 g/mol. The molecule has 5 heteroatoms. The van der Waals surface area contributed by atoms with Gasteiger partial charge in [0.1, 0.15) is 5.75 Å². The molecule has 19 heavy (non-hydrogen) atoms. The summed E-state index contributed by atoms with van der Waals surface area (Å²) in [5.41, 5.74) is 0.161. The normalized spacial score (nSPS) is 15.0. The highest BCUT2D eigenvalue weighted by atomic mass is 16.5. The highest BCUT2D eigenvalue weighted by Crippen LogP contribution is 2.12. The number of carbonyl (C=O) groups excluding carboxylic acids is 3. The van der Waals surface area contributed by atoms with Crippen LogP contribution in [0, 0.1) is 0 Å². The lowest BCUT2D eigenvalue weighted by molar-refractivity contribution is -0.133. The smallest absolute Gasteiger partial charge is 0.340 e. The molecule has 1 aliphatic heterocycles. The van der Waals surface area contributed by atoms with Gasteiger partial charge < -0.3 is 4.74 Å². The van der Waals surface area contributed by atoms with Crippen molar-refractivity contribution in [3.8, 4) is 5.75 Å². The lowest BCUT2D eigenvalue weighted by Gasteiger charge is -2.09. The molecule has 0 N–H and O–H groups in total. The number of hydrogen-bond donors (Lipinski definition) is 0. The Bertz CT molecular complexity index is 569. The molecule has 0 bridgehead atoms. The molecule has 1 aromatic carbocycles. The van der Waals surface area contributed by atoms with Crippen molar-refractivity contribution in [2.75, 3.05) is 0 Å². The molecule has 2 amide bonds. The Labute approximate surface area is 109 Å². The minimum absolute atomic E-state index is 0.161. The van der Waals surface area contributed by atoms with Crippen molar-refractivity contribution in [3.63, 3.8) is 0 Å². The van der Waals surface area contributed by atoms with Crippen molar-refractivity contribution in [2.24, 2.45) is 0 Å². The highest BCUT2D eigenvalue weighted by molar-refractivity contribution is 6.14. The van der Waals surface area contributed by atoms with Crippen molar-refractivity contribution >= 4 is 17.8 Å². The zero-order valence-corrected chi connectivity index (χ0v) is 10.2. The first-order chi connectivity index (χ1) is 9.08. The zero-order chi connectivity index (χ0) is 13.8. The summed E-state index contributed by atoms with van der Waals surface area (Å²) in [6, 6.07) is 8.54. The van der Waals surface area contributed by atoms with Gasteiger partial charge >= 0.3 is 5.97 Å². The van der Waals surface area contributed by atoms with Gasteiger partial charge in [-0.3, -0.25) is 9.59 Å². The molecule has 0 aromatic heterocycles. The summed E-state index contributed by atoms with van der Waals surface area (Å²) in [7, 11) is 0. The summed E-state index contributed by atoms with van der Waals surface area (Å²) >= 11 is 0. The van der Waals surface area contributed by atoms with E-state index in [9.17, 15) is 14.4 Å². The van der Waals surface area contributed by atoms with Crippen LogP contribution in [0.4, 0.5) is 0 Å². The lowest BCUT2D eigenvalue weighted by atomic mass is 10.3. The number of hydrogen-bond acceptors (Lipinski definition) is 4. The third-order valence-corrected chi connectivity index (χ3v) is 2.44. The van der Waals surface area contributed by atoms with Gasteiger partial charge in [0.05, 0.1) is 5.57 Å². The Hall–Kier alpha value is -2.69. The summed E-state index contributed by atoms with van der Waals surface area (Å²) < 4.78 is 5.08. The summed E-state index contributed by atoms with van der Waals surface area (Å²) in [5, 5.41) is 0. The number of para-hydroxylation sites is 1. The van der Waals surface area contributed by atoms with Crippen LogP contribution in [0.25, 0.3) is 0 Å². The van der Waals surface area contributed by atoms with Gasteiger partial charge in [-0.15, -0.1) is 0 Å². The van der Waals surface area contributed by atoms with Crippen LogP contribution in [-0.4, -0.2) is 22.7 Å². The maximum atomic E-state index is 11.8. The van der Waals surface area contributed by atoms with Crippen LogP contribution in [0.5, 0.6) is 5.75 Å². The third kappa shape index (κ3) is 2.95. The van der Waals surface area contributed by atoms with Crippen molar-refractivity contribution < 1.29 is 19.1 Å². The summed E-state index contributed by atoms with van der Waals surface area (Å²) in [6.45, 7) is 1.48. The van der Waals surface area contributed by atoms with Crippen LogP contribution in [0.1, 0.15) is 6.92 Å². The van der Waals surface area contributed by atoms with E-state index in [1.165, 1.54) is 13.1 Å². The average molecular weight is 257 g/mol. The maximum absolute atomic E-state index is 11.8. The van der Waals surface area contributed by atoms with E-state index < -0.39 is 17.8 Å². The molecule has 0 aliphatic carbocycles. The molecule has 1 heterocycles. The van der Waals surface area contributed by atoms with E-state index in [2.05, 4.69) is 0 Å². The summed E-state index contributed by atoms with van der Waals surface area (Å²) in [4.78, 5) is 35.3. The fourth-order valence-corrected chi connectivity index (χ4v) is 1.46. The molecule has 0 saturated heterocycles. The number of carbonyl (C=O) groups is 3. The largest absolute Gasteiger partial charge is 0.423 e. The lowest BCUT2D eigenvalue weighted by Crippen LogP contribution is -2.25. The van der Waals surface area contributed by atoms with Gasteiger partial charge in [-0.1, -0.05) is 18.2 Å². The molecule has 1 aromatic rings. The monoisotopic (exact) mass is 257 g/mol. The number of amides is 2. The number of imide groups is 1. The van der Waals surface area contributed by atoms with E-state index >= 15 is 0 Å². The van der Waals surface area contributed by atoms with Crippen molar-refractivity contribution in [3.05, 3.63) is 54.3 Å². The molecule has 0 unspecified atom stereocenters. The Kier molecular flexibility index (Phi) is 3.56. The van der Waals surface area contributed by atoms with Crippen LogP contribution in [0.15, 0.2) is 54.3 Å². The van der Waals surface area contributed by atoms with Crippen LogP contribution in [-0.2, 0) is 14.4 Å². The first kappa shape index (κ1) is 12.8. The van der Waals surface area contributed by atoms with Crippen LogP contribution in [0.3, 0.4) is 0 Å². The molecule has 0 radical (unpaired) electrons. The van der Waals surface area contributed by atoms with Crippen molar-refractivity contribution in [2.45, 2.75) is 6.92 Å². The number of rotatable bonds is 3. The second-order valence-electron chi connectivity index (χ2n) is 3.89. The molecule has 0 saturated carbocycles. The van der Waals surface area contributed by atoms with Gasteiger partial charge in [0.25, 0.3) is 11.8 Å². The van der Waals surface area contributed by atoms with Crippen LogP contribution in [0.2, 0.25) is 0 Å². The zero-order valence-electron chi connectivity index (χ0n) is 10.2. The number of ether oxygens (including phenoxy) is 1. The number of nitrogens with zero attached hydrogens (tertiary/aromatic N) is 1. The average Bonchev–Trinajstić information content (AvgIpc) is 2.71. The van der Waals surface area contributed by atoms with E-state index in [1.807, 2.05) is 0 Å². The molecule has 0 spiro atoms. The van der Waals surface area contributed by atoms with Gasteiger partial charge in [-0.25, -0.2) is 9.69 Å². The van der Waals surface area contributed by atoms with E-state index in [0.29, 0.717) is 5.75 Å². The Morgan fingerprint density at radius 3 is 2.26 bits per heavy atom. The van der Waals surface area contributed by atoms with Gasteiger partial charge in [0.15, 0.2) is 0 Å². The Balaban J connectivity index is 2.07. The summed E-state index contributed by atoms with van der Waals surface area (Å²) in [5.74, 6) is -1.16. The van der Waals surface area contributed by atoms with Crippen LogP contribution >= 0.6 is 0 Å². The Morgan fingerprint density at radius 2 is 1.68 bits per heavy atom. The fourth-order valence-electron chi connectivity index (χ4n) is 1.46.